The summed E-state index contributed by atoms with van der Waals surface area (Å²) in [4.78, 5) is 28.0. The van der Waals surface area contributed by atoms with E-state index in [9.17, 15) is 23.3 Å². The zero-order valence-corrected chi connectivity index (χ0v) is 20.0. The molecule has 2 aromatic rings. The number of nitrogens with zero attached hydrogens (tertiary/aromatic N) is 4. The third-order valence-electron chi connectivity index (χ3n) is 6.36. The smallest absolute Gasteiger partial charge is 0.293 e. The van der Waals surface area contributed by atoms with Gasteiger partial charge in [0.2, 0.25) is 10.0 Å². The lowest BCUT2D eigenvalue weighted by Gasteiger charge is -2.31. The lowest BCUT2D eigenvalue weighted by Crippen LogP contribution is -2.47. The number of nitrogens with one attached hydrogen (secondary N) is 1. The Morgan fingerprint density at radius 1 is 1.00 bits per heavy atom. The van der Waals surface area contributed by atoms with E-state index in [2.05, 4.69) is 10.2 Å². The number of nitro groups is 1. The van der Waals surface area contributed by atoms with Crippen LogP contribution in [-0.4, -0.2) is 74.8 Å². The highest BCUT2D eigenvalue weighted by molar-refractivity contribution is 7.89. The third kappa shape index (κ3) is 5.21. The van der Waals surface area contributed by atoms with Crippen LogP contribution < -0.4 is 10.2 Å². The number of amides is 1. The van der Waals surface area contributed by atoms with Gasteiger partial charge in [0, 0.05) is 57.4 Å². The molecule has 2 aliphatic heterocycles. The third-order valence-corrected chi connectivity index (χ3v) is 8.27. The first-order valence-electron chi connectivity index (χ1n) is 11.3. The number of likely N-dealkylation sites (N-methyl/N-ethyl adjacent to an activating group) is 1. The molecule has 0 radical (unpaired) electrons. The van der Waals surface area contributed by atoms with E-state index in [4.69, 9.17) is 0 Å². The summed E-state index contributed by atoms with van der Waals surface area (Å²) in [6, 6.07) is 11.0. The molecule has 2 aromatic carbocycles. The Hall–Kier alpha value is -3.02. The monoisotopic (exact) mass is 487 g/mol. The van der Waals surface area contributed by atoms with Crippen LogP contribution in [0.15, 0.2) is 47.4 Å². The number of hydrogen-bond donors (Lipinski definition) is 1. The summed E-state index contributed by atoms with van der Waals surface area (Å²) in [5, 5.41) is 14.3. The van der Waals surface area contributed by atoms with E-state index in [1.165, 1.54) is 10.4 Å². The molecule has 1 amide bonds. The van der Waals surface area contributed by atoms with Crippen LogP contribution in [0.25, 0.3) is 0 Å². The van der Waals surface area contributed by atoms with E-state index in [-0.39, 0.29) is 22.7 Å². The minimum absolute atomic E-state index is 0.0759. The Kier molecular flexibility index (Phi) is 7.15. The molecule has 0 atom stereocenters. The van der Waals surface area contributed by atoms with E-state index >= 15 is 0 Å². The molecule has 0 bridgehead atoms. The zero-order valence-electron chi connectivity index (χ0n) is 19.1. The van der Waals surface area contributed by atoms with Crippen LogP contribution in [0.1, 0.15) is 28.8 Å². The molecule has 182 valence electrons. The van der Waals surface area contributed by atoms with Gasteiger partial charge in [0.05, 0.1) is 9.82 Å². The van der Waals surface area contributed by atoms with Gasteiger partial charge in [-0.3, -0.25) is 14.9 Å². The summed E-state index contributed by atoms with van der Waals surface area (Å²) < 4.78 is 27.2. The minimum Gasteiger partial charge on any atom is -0.366 e. The van der Waals surface area contributed by atoms with Crippen LogP contribution in [0.4, 0.5) is 11.4 Å². The minimum atomic E-state index is -3.55. The molecule has 2 fully saturated rings. The summed E-state index contributed by atoms with van der Waals surface area (Å²) >= 11 is 0. The Labute approximate surface area is 199 Å². The first-order valence-corrected chi connectivity index (χ1v) is 12.8. The quantitative estimate of drug-likeness (QED) is 0.469. The second-order valence-electron chi connectivity index (χ2n) is 8.69. The van der Waals surface area contributed by atoms with Gasteiger partial charge < -0.3 is 15.1 Å². The molecular weight excluding hydrogens is 458 g/mol. The van der Waals surface area contributed by atoms with Crippen LogP contribution in [0.5, 0.6) is 0 Å². The topological polar surface area (TPSA) is 116 Å². The van der Waals surface area contributed by atoms with Gasteiger partial charge in [-0.2, -0.15) is 4.31 Å². The van der Waals surface area contributed by atoms with Crippen molar-refractivity contribution in [3.8, 4) is 0 Å². The molecule has 1 N–H and O–H groups in total. The van der Waals surface area contributed by atoms with Crippen molar-refractivity contribution in [3.05, 3.63) is 63.7 Å². The second-order valence-corrected chi connectivity index (χ2v) is 10.6. The van der Waals surface area contributed by atoms with Crippen molar-refractivity contribution in [2.75, 3.05) is 51.2 Å². The first-order chi connectivity index (χ1) is 16.3. The van der Waals surface area contributed by atoms with Crippen LogP contribution >= 0.6 is 0 Å². The standard InChI is InChI=1S/C23H29N5O5S/c1-25-12-14-27(15-13-25)34(32,33)20-7-4-18(5-8-20)17-24-23(29)19-6-9-21(22(16-19)28(30)31)26-10-2-3-11-26/h4-9,16H,2-3,10-15,17H2,1H3,(H,24,29). The van der Waals surface area contributed by atoms with Crippen molar-refractivity contribution in [2.24, 2.45) is 0 Å². The predicted octanol–water partition coefficient (Wildman–Crippen LogP) is 2.06. The van der Waals surface area contributed by atoms with Crippen LogP contribution in [0.3, 0.4) is 0 Å². The number of benzene rings is 2. The number of rotatable bonds is 7. The number of nitro benzene ring substituents is 1. The van der Waals surface area contributed by atoms with Crippen LogP contribution in [-0.2, 0) is 16.6 Å². The normalized spacial score (nSPS) is 17.6. The number of hydrogen-bond acceptors (Lipinski definition) is 7. The Morgan fingerprint density at radius 2 is 1.65 bits per heavy atom. The number of piperazine rings is 1. The molecule has 4 rings (SSSR count). The van der Waals surface area contributed by atoms with E-state index in [0.717, 1.165) is 31.5 Å². The van der Waals surface area contributed by atoms with Gasteiger partial charge in [0.1, 0.15) is 5.69 Å². The van der Waals surface area contributed by atoms with Crippen molar-refractivity contribution < 1.29 is 18.1 Å². The van der Waals surface area contributed by atoms with Crippen LogP contribution in [0, 0.1) is 10.1 Å². The van der Waals surface area contributed by atoms with E-state index in [0.29, 0.717) is 31.9 Å². The van der Waals surface area contributed by atoms with Gasteiger partial charge in [-0.05, 0) is 49.7 Å². The largest absolute Gasteiger partial charge is 0.366 e. The van der Waals surface area contributed by atoms with Crippen molar-refractivity contribution in [2.45, 2.75) is 24.3 Å². The van der Waals surface area contributed by atoms with Gasteiger partial charge in [0.25, 0.3) is 11.6 Å². The Morgan fingerprint density at radius 3 is 2.26 bits per heavy atom. The van der Waals surface area contributed by atoms with Crippen molar-refractivity contribution in [1.29, 1.82) is 0 Å². The molecular formula is C23H29N5O5S. The van der Waals surface area contributed by atoms with E-state index in [1.807, 2.05) is 11.9 Å². The maximum absolute atomic E-state index is 12.8. The molecule has 2 heterocycles. The average Bonchev–Trinajstić information content (AvgIpc) is 3.37. The fraction of sp³-hybridized carbons (Fsp3) is 0.435. The highest BCUT2D eigenvalue weighted by atomic mass is 32.2. The molecule has 10 nitrogen and oxygen atoms in total. The van der Waals surface area contributed by atoms with Gasteiger partial charge in [0.15, 0.2) is 0 Å². The molecule has 0 aliphatic carbocycles. The maximum Gasteiger partial charge on any atom is 0.293 e. The molecule has 11 heteroatoms. The van der Waals surface area contributed by atoms with Crippen LogP contribution in [0.2, 0.25) is 0 Å². The molecule has 0 saturated carbocycles. The predicted molar refractivity (Wildman–Crippen MR) is 128 cm³/mol. The van der Waals surface area contributed by atoms with E-state index in [1.54, 1.807) is 36.4 Å². The lowest BCUT2D eigenvalue weighted by molar-refractivity contribution is -0.384. The Balaban J connectivity index is 1.40. The summed E-state index contributed by atoms with van der Waals surface area (Å²) in [6.45, 7) is 4.02. The number of carbonyl (C=O) groups is 1. The Bertz CT molecular complexity index is 1150. The molecule has 0 unspecified atom stereocenters. The molecule has 2 saturated heterocycles. The highest BCUT2D eigenvalue weighted by Gasteiger charge is 2.27. The average molecular weight is 488 g/mol. The fourth-order valence-corrected chi connectivity index (χ4v) is 5.70. The maximum atomic E-state index is 12.8. The highest BCUT2D eigenvalue weighted by Crippen LogP contribution is 2.31. The summed E-state index contributed by atoms with van der Waals surface area (Å²) in [5.74, 6) is -0.426. The van der Waals surface area contributed by atoms with Crippen molar-refractivity contribution >= 4 is 27.3 Å². The number of anilines is 1. The van der Waals surface area contributed by atoms with Gasteiger partial charge in [-0.15, -0.1) is 0 Å². The van der Waals surface area contributed by atoms with Gasteiger partial charge >= 0.3 is 0 Å². The second kappa shape index (κ2) is 10.1. The molecule has 0 spiro atoms. The summed E-state index contributed by atoms with van der Waals surface area (Å²) in [7, 11) is -1.58. The first kappa shape index (κ1) is 24.1. The SMILES string of the molecule is CN1CCN(S(=O)(=O)c2ccc(CNC(=O)c3ccc(N4CCCC4)c([N+](=O)[O-])c3)cc2)CC1. The van der Waals surface area contributed by atoms with Crippen molar-refractivity contribution in [1.82, 2.24) is 14.5 Å². The van der Waals surface area contributed by atoms with Gasteiger partial charge in [-0.25, -0.2) is 8.42 Å². The number of carbonyl (C=O) groups excluding carboxylic acids is 1. The van der Waals surface area contributed by atoms with Gasteiger partial charge in [-0.1, -0.05) is 12.1 Å². The molecule has 34 heavy (non-hydrogen) atoms. The fourth-order valence-electron chi connectivity index (χ4n) is 4.28. The van der Waals surface area contributed by atoms with E-state index < -0.39 is 20.9 Å². The zero-order chi connectivity index (χ0) is 24.3. The lowest BCUT2D eigenvalue weighted by atomic mass is 10.1. The summed E-state index contributed by atoms with van der Waals surface area (Å²) in [5.41, 5.74) is 1.40. The van der Waals surface area contributed by atoms with Crippen molar-refractivity contribution in [3.63, 3.8) is 0 Å². The summed E-state index contributed by atoms with van der Waals surface area (Å²) in [6.07, 6.45) is 1.99. The molecule has 2 aliphatic rings. The molecule has 0 aromatic heterocycles. The number of sulfonamides is 1.